The molecular weight excluding hydrogens is 238 g/mol. The molecule has 0 radical (unpaired) electrons. The van der Waals surface area contributed by atoms with Gasteiger partial charge in [-0.3, -0.25) is 0 Å². The number of thiophene rings is 1. The van der Waals surface area contributed by atoms with Crippen LogP contribution >= 0.6 is 11.3 Å². The third-order valence-electron chi connectivity index (χ3n) is 2.25. The molecule has 3 N–H and O–H groups in total. The van der Waals surface area contributed by atoms with Crippen LogP contribution in [-0.4, -0.2) is 11.1 Å². The van der Waals surface area contributed by atoms with E-state index in [1.165, 1.54) is 6.07 Å². The Labute approximate surface area is 102 Å². The molecule has 0 aliphatic carbocycles. The molecule has 0 spiro atoms. The fourth-order valence-electron chi connectivity index (χ4n) is 1.40. The van der Waals surface area contributed by atoms with Gasteiger partial charge in [0, 0.05) is 4.88 Å². The van der Waals surface area contributed by atoms with Crippen LogP contribution in [0.2, 0.25) is 0 Å². The van der Waals surface area contributed by atoms with E-state index < -0.39 is 5.97 Å². The summed E-state index contributed by atoms with van der Waals surface area (Å²) in [7, 11) is 0. The minimum atomic E-state index is -1.05. The van der Waals surface area contributed by atoms with Crippen molar-refractivity contribution in [2.75, 3.05) is 5.73 Å². The highest BCUT2D eigenvalue weighted by molar-refractivity contribution is 7.09. The molecule has 0 aliphatic heterocycles. The van der Waals surface area contributed by atoms with Crippen molar-refractivity contribution in [2.45, 2.75) is 6.61 Å². The molecule has 1 aromatic heterocycles. The zero-order chi connectivity index (χ0) is 12.3. The van der Waals surface area contributed by atoms with Gasteiger partial charge in [0.15, 0.2) is 0 Å². The van der Waals surface area contributed by atoms with Gasteiger partial charge in [-0.2, -0.15) is 0 Å². The van der Waals surface area contributed by atoms with E-state index in [9.17, 15) is 4.79 Å². The summed E-state index contributed by atoms with van der Waals surface area (Å²) >= 11 is 1.58. The van der Waals surface area contributed by atoms with Crippen molar-refractivity contribution in [1.29, 1.82) is 0 Å². The molecule has 0 fully saturated rings. The van der Waals surface area contributed by atoms with Crippen LogP contribution in [0.15, 0.2) is 35.7 Å². The topological polar surface area (TPSA) is 72.5 Å². The SMILES string of the molecule is Nc1c(OCc2cccs2)cccc1C(=O)O. The van der Waals surface area contributed by atoms with Crippen LogP contribution < -0.4 is 10.5 Å². The maximum Gasteiger partial charge on any atom is 0.337 e. The zero-order valence-corrected chi connectivity index (χ0v) is 9.74. The van der Waals surface area contributed by atoms with Crippen molar-refractivity contribution in [3.05, 3.63) is 46.2 Å². The lowest BCUT2D eigenvalue weighted by Crippen LogP contribution is -2.05. The second-order valence-electron chi connectivity index (χ2n) is 3.39. The molecule has 0 amide bonds. The van der Waals surface area contributed by atoms with Gasteiger partial charge in [-0.15, -0.1) is 11.3 Å². The Hall–Kier alpha value is -2.01. The summed E-state index contributed by atoms with van der Waals surface area (Å²) in [5, 5.41) is 10.9. The number of carboxylic acids is 1. The number of carboxylic acid groups (broad SMARTS) is 1. The van der Waals surface area contributed by atoms with Gasteiger partial charge in [-0.25, -0.2) is 4.79 Å². The number of hydrogen-bond acceptors (Lipinski definition) is 4. The monoisotopic (exact) mass is 249 g/mol. The Morgan fingerprint density at radius 3 is 2.82 bits per heavy atom. The van der Waals surface area contributed by atoms with E-state index in [1.807, 2.05) is 17.5 Å². The van der Waals surface area contributed by atoms with Crippen LogP contribution in [0.25, 0.3) is 0 Å². The first-order chi connectivity index (χ1) is 8.18. The van der Waals surface area contributed by atoms with Gasteiger partial charge in [-0.05, 0) is 23.6 Å². The smallest absolute Gasteiger partial charge is 0.337 e. The third-order valence-corrected chi connectivity index (χ3v) is 3.10. The number of hydrogen-bond donors (Lipinski definition) is 2. The fraction of sp³-hybridized carbons (Fsp3) is 0.0833. The van der Waals surface area contributed by atoms with Crippen molar-refractivity contribution in [2.24, 2.45) is 0 Å². The summed E-state index contributed by atoms with van der Waals surface area (Å²) in [6.07, 6.45) is 0. The van der Waals surface area contributed by atoms with Crippen LogP contribution in [-0.2, 0) is 6.61 Å². The van der Waals surface area contributed by atoms with Crippen molar-refractivity contribution < 1.29 is 14.6 Å². The van der Waals surface area contributed by atoms with Gasteiger partial charge in [0.1, 0.15) is 12.4 Å². The lowest BCUT2D eigenvalue weighted by Gasteiger charge is -2.09. The number of ether oxygens (including phenoxy) is 1. The third kappa shape index (κ3) is 2.57. The normalized spacial score (nSPS) is 10.1. The molecule has 88 valence electrons. The molecule has 0 saturated heterocycles. The Balaban J connectivity index is 2.16. The summed E-state index contributed by atoms with van der Waals surface area (Å²) in [5.74, 6) is -0.651. The minimum Gasteiger partial charge on any atom is -0.486 e. The molecule has 4 nitrogen and oxygen atoms in total. The second-order valence-corrected chi connectivity index (χ2v) is 4.42. The van der Waals surface area contributed by atoms with Crippen molar-refractivity contribution in [3.63, 3.8) is 0 Å². The Bertz CT molecular complexity index is 523. The van der Waals surface area contributed by atoms with Crippen molar-refractivity contribution in [1.82, 2.24) is 0 Å². The second kappa shape index (κ2) is 4.88. The molecule has 17 heavy (non-hydrogen) atoms. The summed E-state index contributed by atoms with van der Waals surface area (Å²) in [4.78, 5) is 11.9. The summed E-state index contributed by atoms with van der Waals surface area (Å²) in [6, 6.07) is 8.61. The number of anilines is 1. The number of aromatic carboxylic acids is 1. The van der Waals surface area contributed by atoms with E-state index in [1.54, 1.807) is 23.5 Å². The number of benzene rings is 1. The predicted molar refractivity (Wildman–Crippen MR) is 66.5 cm³/mol. The largest absolute Gasteiger partial charge is 0.486 e. The first-order valence-electron chi connectivity index (χ1n) is 4.95. The van der Waals surface area contributed by atoms with Gasteiger partial charge in [0.25, 0.3) is 0 Å². The molecule has 0 unspecified atom stereocenters. The Morgan fingerprint density at radius 2 is 2.18 bits per heavy atom. The standard InChI is InChI=1S/C12H11NO3S/c13-11-9(12(14)15)4-1-5-10(11)16-7-8-3-2-6-17-8/h1-6H,7,13H2,(H,14,15). The zero-order valence-electron chi connectivity index (χ0n) is 8.92. The van der Waals surface area contributed by atoms with Gasteiger partial charge in [-0.1, -0.05) is 12.1 Å². The number of para-hydroxylation sites is 1. The minimum absolute atomic E-state index is 0.0636. The first kappa shape index (κ1) is 11.5. The van der Waals surface area contributed by atoms with E-state index in [0.717, 1.165) is 4.88 Å². The molecule has 1 heterocycles. The fourth-order valence-corrected chi connectivity index (χ4v) is 2.02. The molecular formula is C12H11NO3S. The predicted octanol–water partition coefficient (Wildman–Crippen LogP) is 2.61. The van der Waals surface area contributed by atoms with Gasteiger partial charge in [0.05, 0.1) is 11.3 Å². The molecule has 2 rings (SSSR count). The highest BCUT2D eigenvalue weighted by Crippen LogP contribution is 2.26. The number of nitrogens with two attached hydrogens (primary N) is 1. The number of nitrogen functional groups attached to an aromatic ring is 1. The molecule has 5 heteroatoms. The van der Waals surface area contributed by atoms with Crippen LogP contribution in [0, 0.1) is 0 Å². The van der Waals surface area contributed by atoms with Crippen molar-refractivity contribution in [3.8, 4) is 5.75 Å². The highest BCUT2D eigenvalue weighted by atomic mass is 32.1. The lowest BCUT2D eigenvalue weighted by molar-refractivity contribution is 0.0697. The van der Waals surface area contributed by atoms with Gasteiger partial charge >= 0.3 is 5.97 Å². The summed E-state index contributed by atoms with van der Waals surface area (Å²) < 4.78 is 5.49. The number of rotatable bonds is 4. The van der Waals surface area contributed by atoms with Crippen LogP contribution in [0.1, 0.15) is 15.2 Å². The summed E-state index contributed by atoms with van der Waals surface area (Å²) in [5.41, 5.74) is 5.95. The molecule has 0 aliphatic rings. The number of carbonyl (C=O) groups is 1. The molecule has 1 aromatic carbocycles. The van der Waals surface area contributed by atoms with Crippen LogP contribution in [0.4, 0.5) is 5.69 Å². The molecule has 2 aromatic rings. The van der Waals surface area contributed by atoms with E-state index in [2.05, 4.69) is 0 Å². The van der Waals surface area contributed by atoms with E-state index in [-0.39, 0.29) is 11.3 Å². The first-order valence-corrected chi connectivity index (χ1v) is 5.83. The molecule has 0 saturated carbocycles. The Morgan fingerprint density at radius 1 is 1.35 bits per heavy atom. The average molecular weight is 249 g/mol. The maximum absolute atomic E-state index is 10.9. The van der Waals surface area contributed by atoms with E-state index in [0.29, 0.717) is 12.4 Å². The highest BCUT2D eigenvalue weighted by Gasteiger charge is 2.11. The Kier molecular flexibility index (Phi) is 3.30. The van der Waals surface area contributed by atoms with Crippen LogP contribution in [0.3, 0.4) is 0 Å². The van der Waals surface area contributed by atoms with Crippen LogP contribution in [0.5, 0.6) is 5.75 Å². The van der Waals surface area contributed by atoms with E-state index >= 15 is 0 Å². The quantitative estimate of drug-likeness (QED) is 0.817. The molecule has 0 atom stereocenters. The summed E-state index contributed by atoms with van der Waals surface area (Å²) in [6.45, 7) is 0.394. The lowest BCUT2D eigenvalue weighted by atomic mass is 10.1. The van der Waals surface area contributed by atoms with Crippen molar-refractivity contribution >= 4 is 23.0 Å². The van der Waals surface area contributed by atoms with E-state index in [4.69, 9.17) is 15.6 Å². The maximum atomic E-state index is 10.9. The van der Waals surface area contributed by atoms with Gasteiger partial charge in [0.2, 0.25) is 0 Å². The molecule has 0 bridgehead atoms. The average Bonchev–Trinajstić information content (AvgIpc) is 2.80. The van der Waals surface area contributed by atoms with Gasteiger partial charge < -0.3 is 15.6 Å².